The van der Waals surface area contributed by atoms with Gasteiger partial charge in [0, 0.05) is 19.1 Å². The molecular formula is C22H25F2N3O3. The van der Waals surface area contributed by atoms with Crippen LogP contribution >= 0.6 is 0 Å². The van der Waals surface area contributed by atoms with Gasteiger partial charge in [0.15, 0.2) is 0 Å². The standard InChI is InChI=1S/C22H25F2N3O3/c1-21(2,29-3)20(28)27-22(12-7-13-25,15-8-5-4-6-9-15)30-19(26-27)17-14-16(23)10-11-18(17)24/h4-6,8-11,14H,7,12-13,25H2,1-3H3. The minimum atomic E-state index is -1.37. The van der Waals surface area contributed by atoms with Gasteiger partial charge in [-0.2, -0.15) is 5.01 Å². The molecule has 0 fully saturated rings. The maximum atomic E-state index is 14.5. The number of methoxy groups -OCH3 is 1. The van der Waals surface area contributed by atoms with Gasteiger partial charge in [0.05, 0.1) is 5.56 Å². The van der Waals surface area contributed by atoms with E-state index in [2.05, 4.69) is 5.10 Å². The molecule has 1 unspecified atom stereocenters. The van der Waals surface area contributed by atoms with E-state index in [-0.39, 0.29) is 11.5 Å². The van der Waals surface area contributed by atoms with E-state index in [1.807, 2.05) is 6.07 Å². The third-order valence-electron chi connectivity index (χ3n) is 5.12. The molecule has 1 atom stereocenters. The van der Waals surface area contributed by atoms with Gasteiger partial charge in [-0.25, -0.2) is 8.78 Å². The van der Waals surface area contributed by atoms with Crippen molar-refractivity contribution in [3.05, 3.63) is 71.3 Å². The van der Waals surface area contributed by atoms with Gasteiger partial charge in [-0.1, -0.05) is 30.3 Å². The summed E-state index contributed by atoms with van der Waals surface area (Å²) in [6.45, 7) is 3.55. The van der Waals surface area contributed by atoms with Crippen LogP contribution in [0.4, 0.5) is 8.78 Å². The van der Waals surface area contributed by atoms with Gasteiger partial charge in [0.2, 0.25) is 11.6 Å². The lowest BCUT2D eigenvalue weighted by molar-refractivity contribution is -0.172. The Labute approximate surface area is 174 Å². The minimum Gasteiger partial charge on any atom is -0.443 e. The van der Waals surface area contributed by atoms with Crippen molar-refractivity contribution < 1.29 is 23.0 Å². The van der Waals surface area contributed by atoms with Crippen molar-refractivity contribution in [3.8, 4) is 0 Å². The highest BCUT2D eigenvalue weighted by molar-refractivity contribution is 5.98. The number of hydrogen-bond donors (Lipinski definition) is 1. The van der Waals surface area contributed by atoms with E-state index in [9.17, 15) is 13.6 Å². The highest BCUT2D eigenvalue weighted by Gasteiger charge is 2.52. The van der Waals surface area contributed by atoms with E-state index in [4.69, 9.17) is 15.2 Å². The third kappa shape index (κ3) is 3.93. The molecule has 0 saturated heterocycles. The van der Waals surface area contributed by atoms with E-state index >= 15 is 0 Å². The fraction of sp³-hybridized carbons (Fsp3) is 0.364. The summed E-state index contributed by atoms with van der Waals surface area (Å²) in [7, 11) is 1.41. The summed E-state index contributed by atoms with van der Waals surface area (Å²) < 4.78 is 39.8. The van der Waals surface area contributed by atoms with Crippen LogP contribution in [-0.2, 0) is 20.0 Å². The van der Waals surface area contributed by atoms with Gasteiger partial charge in [0.1, 0.15) is 17.2 Å². The average Bonchev–Trinajstić information content (AvgIpc) is 3.14. The van der Waals surface area contributed by atoms with E-state index in [1.54, 1.807) is 38.1 Å². The molecule has 1 heterocycles. The first-order chi connectivity index (χ1) is 14.2. The molecule has 1 aliphatic rings. The molecule has 2 N–H and O–H groups in total. The lowest BCUT2D eigenvalue weighted by Crippen LogP contribution is -2.52. The van der Waals surface area contributed by atoms with Crippen LogP contribution in [0.15, 0.2) is 53.6 Å². The Hall–Kier alpha value is -2.84. The molecule has 0 radical (unpaired) electrons. The molecule has 2 aromatic carbocycles. The molecule has 6 nitrogen and oxygen atoms in total. The molecule has 3 rings (SSSR count). The average molecular weight is 417 g/mol. The van der Waals surface area contributed by atoms with E-state index in [0.29, 0.717) is 24.9 Å². The maximum Gasteiger partial charge on any atom is 0.278 e. The lowest BCUT2D eigenvalue weighted by Gasteiger charge is -2.38. The van der Waals surface area contributed by atoms with E-state index < -0.39 is 28.9 Å². The number of carbonyl (C=O) groups excluding carboxylic acids is 1. The SMILES string of the molecule is COC(C)(C)C(=O)N1N=C(c2cc(F)ccc2F)OC1(CCCN)c1ccccc1. The van der Waals surface area contributed by atoms with Crippen LogP contribution in [0.3, 0.4) is 0 Å². The predicted octanol–water partition coefficient (Wildman–Crippen LogP) is 3.50. The van der Waals surface area contributed by atoms with Gasteiger partial charge in [-0.3, -0.25) is 4.79 Å². The summed E-state index contributed by atoms with van der Waals surface area (Å²) in [5.41, 5.74) is 3.59. The molecule has 0 spiro atoms. The lowest BCUT2D eigenvalue weighted by atomic mass is 9.95. The fourth-order valence-electron chi connectivity index (χ4n) is 3.24. The van der Waals surface area contributed by atoms with Gasteiger partial charge >= 0.3 is 0 Å². The smallest absolute Gasteiger partial charge is 0.278 e. The maximum absolute atomic E-state index is 14.5. The monoisotopic (exact) mass is 417 g/mol. The highest BCUT2D eigenvalue weighted by Crippen LogP contribution is 2.42. The van der Waals surface area contributed by atoms with Crippen molar-refractivity contribution >= 4 is 11.8 Å². The second-order valence-corrected chi connectivity index (χ2v) is 7.51. The molecule has 0 saturated carbocycles. The van der Waals surface area contributed by atoms with Gasteiger partial charge in [-0.05, 0) is 45.0 Å². The fourth-order valence-corrected chi connectivity index (χ4v) is 3.24. The Morgan fingerprint density at radius 1 is 1.23 bits per heavy atom. The second-order valence-electron chi connectivity index (χ2n) is 7.51. The van der Waals surface area contributed by atoms with Gasteiger partial charge in [-0.15, -0.1) is 5.10 Å². The van der Waals surface area contributed by atoms with E-state index in [0.717, 1.165) is 18.2 Å². The molecular weight excluding hydrogens is 392 g/mol. The number of hydrogen-bond acceptors (Lipinski definition) is 5. The van der Waals surface area contributed by atoms with Gasteiger partial charge < -0.3 is 15.2 Å². The molecule has 2 aromatic rings. The first-order valence-corrected chi connectivity index (χ1v) is 9.63. The summed E-state index contributed by atoms with van der Waals surface area (Å²) in [4.78, 5) is 13.4. The van der Waals surface area contributed by atoms with Crippen molar-refractivity contribution in [1.82, 2.24) is 5.01 Å². The molecule has 1 aliphatic heterocycles. The van der Waals surface area contributed by atoms with Crippen LogP contribution in [0, 0.1) is 11.6 Å². The summed E-state index contributed by atoms with van der Waals surface area (Å²) in [6, 6.07) is 12.0. The summed E-state index contributed by atoms with van der Waals surface area (Å²) >= 11 is 0. The third-order valence-corrected chi connectivity index (χ3v) is 5.12. The Morgan fingerprint density at radius 3 is 2.57 bits per heavy atom. The van der Waals surface area contributed by atoms with Crippen LogP contribution in [0.1, 0.15) is 37.8 Å². The predicted molar refractivity (Wildman–Crippen MR) is 108 cm³/mol. The van der Waals surface area contributed by atoms with E-state index in [1.165, 1.54) is 12.1 Å². The first-order valence-electron chi connectivity index (χ1n) is 9.63. The van der Waals surface area contributed by atoms with Crippen molar-refractivity contribution in [1.29, 1.82) is 0 Å². The number of halogens is 2. The number of nitrogens with zero attached hydrogens (tertiary/aromatic N) is 2. The number of amides is 1. The van der Waals surface area contributed by atoms with Gasteiger partial charge in [0.25, 0.3) is 5.91 Å². The Kier molecular flexibility index (Phi) is 6.19. The zero-order chi connectivity index (χ0) is 21.9. The zero-order valence-corrected chi connectivity index (χ0v) is 17.2. The van der Waals surface area contributed by atoms with Crippen LogP contribution in [0.5, 0.6) is 0 Å². The van der Waals surface area contributed by atoms with Crippen LogP contribution in [-0.4, -0.2) is 36.1 Å². The summed E-state index contributed by atoms with van der Waals surface area (Å²) in [5.74, 6) is -2.03. The Morgan fingerprint density at radius 2 is 1.93 bits per heavy atom. The number of hydrazone groups is 1. The summed E-state index contributed by atoms with van der Waals surface area (Å²) in [5, 5.41) is 5.48. The zero-order valence-electron chi connectivity index (χ0n) is 17.2. The molecule has 30 heavy (non-hydrogen) atoms. The van der Waals surface area contributed by atoms with Crippen molar-refractivity contribution in [2.75, 3.05) is 13.7 Å². The number of ether oxygens (including phenoxy) is 2. The summed E-state index contributed by atoms with van der Waals surface area (Å²) in [6.07, 6.45) is 0.795. The van der Waals surface area contributed by atoms with Crippen LogP contribution in [0.25, 0.3) is 0 Å². The number of nitrogens with two attached hydrogens (primary N) is 1. The first kappa shape index (κ1) is 21.9. The minimum absolute atomic E-state index is 0.173. The van der Waals surface area contributed by atoms with Crippen LogP contribution in [0.2, 0.25) is 0 Å². The molecule has 8 heteroatoms. The molecule has 160 valence electrons. The quantitative estimate of drug-likeness (QED) is 0.748. The molecule has 0 aliphatic carbocycles. The Balaban J connectivity index is 2.19. The highest BCUT2D eigenvalue weighted by atomic mass is 19.1. The molecule has 0 aromatic heterocycles. The topological polar surface area (TPSA) is 77.1 Å². The normalized spacial score (nSPS) is 18.9. The number of rotatable bonds is 7. The molecule has 1 amide bonds. The second kappa shape index (κ2) is 8.49. The largest absolute Gasteiger partial charge is 0.443 e. The molecule has 0 bridgehead atoms. The van der Waals surface area contributed by atoms with Crippen molar-refractivity contribution in [3.63, 3.8) is 0 Å². The van der Waals surface area contributed by atoms with Crippen molar-refractivity contribution in [2.24, 2.45) is 10.8 Å². The number of benzene rings is 2. The van der Waals surface area contributed by atoms with Crippen LogP contribution < -0.4 is 5.73 Å². The number of carbonyl (C=O) groups is 1. The van der Waals surface area contributed by atoms with Crippen molar-refractivity contribution in [2.45, 2.75) is 38.0 Å². The Bertz CT molecular complexity index is 950.